The van der Waals surface area contributed by atoms with Gasteiger partial charge in [0.1, 0.15) is 0 Å². The van der Waals surface area contributed by atoms with Gasteiger partial charge in [-0.1, -0.05) is 48.9 Å². The number of carbonyl (C=O) groups is 1. The summed E-state index contributed by atoms with van der Waals surface area (Å²) in [5.74, 6) is 0.692. The number of benzene rings is 2. The molecule has 0 N–H and O–H groups in total. The van der Waals surface area contributed by atoms with E-state index in [1.165, 1.54) is 0 Å². The minimum absolute atomic E-state index is 0.0213. The lowest BCUT2D eigenvalue weighted by molar-refractivity contribution is -0.131. The van der Waals surface area contributed by atoms with Gasteiger partial charge in [0.25, 0.3) is 0 Å². The monoisotopic (exact) mass is 435 g/mol. The molecule has 0 bridgehead atoms. The van der Waals surface area contributed by atoms with E-state index in [9.17, 15) is 4.79 Å². The fourth-order valence-electron chi connectivity index (χ4n) is 3.25. The van der Waals surface area contributed by atoms with Crippen LogP contribution in [0.5, 0.6) is 0 Å². The van der Waals surface area contributed by atoms with Crippen LogP contribution in [0, 0.1) is 0 Å². The second-order valence-electron chi connectivity index (χ2n) is 7.10. The Morgan fingerprint density at radius 1 is 1.10 bits per heavy atom. The highest BCUT2D eigenvalue weighted by Crippen LogP contribution is 2.26. The molecule has 2 heterocycles. The van der Waals surface area contributed by atoms with Crippen LogP contribution in [0.25, 0.3) is 17.1 Å². The Kier molecular flexibility index (Phi) is 6.43. The molecule has 4 aromatic rings. The van der Waals surface area contributed by atoms with E-state index < -0.39 is 0 Å². The van der Waals surface area contributed by atoms with Gasteiger partial charge in [-0.15, -0.1) is 10.2 Å². The van der Waals surface area contributed by atoms with E-state index in [1.54, 1.807) is 21.8 Å². The summed E-state index contributed by atoms with van der Waals surface area (Å²) in [6.45, 7) is 2.86. The van der Waals surface area contributed by atoms with Gasteiger partial charge in [0.05, 0.1) is 35.4 Å². The van der Waals surface area contributed by atoms with Crippen LogP contribution in [0.3, 0.4) is 0 Å². The lowest BCUT2D eigenvalue weighted by atomic mass is 10.2. The molecule has 4 rings (SSSR count). The van der Waals surface area contributed by atoms with Crippen LogP contribution in [-0.2, 0) is 17.8 Å². The minimum Gasteiger partial charge on any atom is -0.419 e. The van der Waals surface area contributed by atoms with Crippen LogP contribution in [0.15, 0.2) is 71.4 Å². The highest BCUT2D eigenvalue weighted by molar-refractivity contribution is 6.33. The van der Waals surface area contributed by atoms with Crippen LogP contribution in [0.2, 0.25) is 5.02 Å². The molecule has 0 saturated heterocycles. The standard InChI is InChI=1S/C23H22ClN5O2/c1-2-12-28(16-21-26-27-23(31-21)19-10-6-7-11-20(19)24)22(30)13-17-14-25-29(15-17)18-8-4-3-5-9-18/h3-11,14-15H,2,12-13,16H2,1H3. The Morgan fingerprint density at radius 3 is 2.65 bits per heavy atom. The molecule has 0 spiro atoms. The van der Waals surface area contributed by atoms with Crippen molar-refractivity contribution in [2.24, 2.45) is 0 Å². The second-order valence-corrected chi connectivity index (χ2v) is 7.51. The Hall–Kier alpha value is -3.45. The molecule has 2 aromatic heterocycles. The van der Waals surface area contributed by atoms with Gasteiger partial charge in [0.2, 0.25) is 17.7 Å². The first kappa shape index (κ1) is 20.8. The second kappa shape index (κ2) is 9.57. The summed E-state index contributed by atoms with van der Waals surface area (Å²) in [5, 5.41) is 13.1. The third kappa shape index (κ3) is 5.00. The third-order valence-corrected chi connectivity index (χ3v) is 5.09. The van der Waals surface area contributed by atoms with Crippen LogP contribution in [-0.4, -0.2) is 37.3 Å². The first-order chi connectivity index (χ1) is 15.1. The van der Waals surface area contributed by atoms with E-state index in [-0.39, 0.29) is 18.9 Å². The molecular formula is C23H22ClN5O2. The molecular weight excluding hydrogens is 414 g/mol. The maximum Gasteiger partial charge on any atom is 0.249 e. The number of amides is 1. The Balaban J connectivity index is 1.45. The number of hydrogen-bond acceptors (Lipinski definition) is 5. The normalized spacial score (nSPS) is 10.9. The van der Waals surface area contributed by atoms with E-state index in [0.717, 1.165) is 17.7 Å². The number of aromatic nitrogens is 4. The summed E-state index contributed by atoms with van der Waals surface area (Å²) in [4.78, 5) is 14.7. The summed E-state index contributed by atoms with van der Waals surface area (Å²) >= 11 is 6.21. The van der Waals surface area contributed by atoms with Crippen molar-refractivity contribution in [1.29, 1.82) is 0 Å². The maximum absolute atomic E-state index is 13.0. The summed E-state index contributed by atoms with van der Waals surface area (Å²) < 4.78 is 7.54. The third-order valence-electron chi connectivity index (χ3n) is 4.76. The molecule has 7 nitrogen and oxygen atoms in total. The van der Waals surface area contributed by atoms with Crippen molar-refractivity contribution in [2.75, 3.05) is 6.54 Å². The molecule has 31 heavy (non-hydrogen) atoms. The molecule has 8 heteroatoms. The van der Waals surface area contributed by atoms with Crippen molar-refractivity contribution in [2.45, 2.75) is 26.3 Å². The average molecular weight is 436 g/mol. The SMILES string of the molecule is CCCN(Cc1nnc(-c2ccccc2Cl)o1)C(=O)Cc1cnn(-c2ccccc2)c1. The zero-order chi connectivity index (χ0) is 21.6. The fraction of sp³-hybridized carbons (Fsp3) is 0.217. The molecule has 0 atom stereocenters. The number of nitrogens with zero attached hydrogens (tertiary/aromatic N) is 5. The fourth-order valence-corrected chi connectivity index (χ4v) is 3.46. The molecule has 0 radical (unpaired) electrons. The van der Waals surface area contributed by atoms with Crippen molar-refractivity contribution in [1.82, 2.24) is 24.9 Å². The number of hydrogen-bond donors (Lipinski definition) is 0. The zero-order valence-electron chi connectivity index (χ0n) is 17.1. The summed E-state index contributed by atoms with van der Waals surface area (Å²) in [6, 6.07) is 17.1. The number of halogens is 1. The molecule has 158 valence electrons. The topological polar surface area (TPSA) is 77.1 Å². The molecule has 0 unspecified atom stereocenters. The van der Waals surface area contributed by atoms with Gasteiger partial charge < -0.3 is 9.32 Å². The highest BCUT2D eigenvalue weighted by atomic mass is 35.5. The van der Waals surface area contributed by atoms with Gasteiger partial charge in [0.15, 0.2) is 0 Å². The van der Waals surface area contributed by atoms with E-state index in [4.69, 9.17) is 16.0 Å². The molecule has 0 fully saturated rings. The average Bonchev–Trinajstić information content (AvgIpc) is 3.44. The zero-order valence-corrected chi connectivity index (χ0v) is 17.9. The highest BCUT2D eigenvalue weighted by Gasteiger charge is 2.19. The lowest BCUT2D eigenvalue weighted by Gasteiger charge is -2.19. The molecule has 1 amide bonds. The summed E-state index contributed by atoms with van der Waals surface area (Å²) in [7, 11) is 0. The number of carbonyl (C=O) groups excluding carboxylic acids is 1. The van der Waals surface area contributed by atoms with Crippen LogP contribution >= 0.6 is 11.6 Å². The van der Waals surface area contributed by atoms with Gasteiger partial charge in [-0.3, -0.25) is 4.79 Å². The van der Waals surface area contributed by atoms with E-state index in [2.05, 4.69) is 15.3 Å². The van der Waals surface area contributed by atoms with Crippen molar-refractivity contribution in [3.63, 3.8) is 0 Å². The first-order valence-corrected chi connectivity index (χ1v) is 10.5. The smallest absolute Gasteiger partial charge is 0.249 e. The lowest BCUT2D eigenvalue weighted by Crippen LogP contribution is -2.32. The Labute approximate surface area is 185 Å². The van der Waals surface area contributed by atoms with Crippen molar-refractivity contribution < 1.29 is 9.21 Å². The van der Waals surface area contributed by atoms with Gasteiger partial charge in [-0.05, 0) is 36.2 Å². The molecule has 0 aliphatic heterocycles. The van der Waals surface area contributed by atoms with Crippen LogP contribution in [0.1, 0.15) is 24.8 Å². The molecule has 2 aromatic carbocycles. The summed E-state index contributed by atoms with van der Waals surface area (Å²) in [6.07, 6.45) is 4.66. The van der Waals surface area contributed by atoms with Crippen molar-refractivity contribution in [3.8, 4) is 17.1 Å². The van der Waals surface area contributed by atoms with Gasteiger partial charge >= 0.3 is 0 Å². The van der Waals surface area contributed by atoms with Crippen LogP contribution < -0.4 is 0 Å². The summed E-state index contributed by atoms with van der Waals surface area (Å²) in [5.41, 5.74) is 2.46. The van der Waals surface area contributed by atoms with Gasteiger partial charge in [0, 0.05) is 12.7 Å². The van der Waals surface area contributed by atoms with Crippen LogP contribution in [0.4, 0.5) is 0 Å². The van der Waals surface area contributed by atoms with E-state index in [1.807, 2.05) is 61.7 Å². The number of rotatable bonds is 8. The predicted molar refractivity (Wildman–Crippen MR) is 118 cm³/mol. The number of para-hydroxylation sites is 1. The van der Waals surface area contributed by atoms with Gasteiger partial charge in [-0.25, -0.2) is 4.68 Å². The largest absolute Gasteiger partial charge is 0.419 e. The van der Waals surface area contributed by atoms with Gasteiger partial charge in [-0.2, -0.15) is 5.10 Å². The minimum atomic E-state index is -0.0213. The quantitative estimate of drug-likeness (QED) is 0.405. The molecule has 0 saturated carbocycles. The predicted octanol–water partition coefficient (Wildman–Crippen LogP) is 4.56. The molecule has 0 aliphatic rings. The van der Waals surface area contributed by atoms with Crippen molar-refractivity contribution >= 4 is 17.5 Å². The Bertz CT molecular complexity index is 1160. The molecule has 0 aliphatic carbocycles. The first-order valence-electron chi connectivity index (χ1n) is 10.1. The maximum atomic E-state index is 13.0. The van der Waals surface area contributed by atoms with E-state index >= 15 is 0 Å². The van der Waals surface area contributed by atoms with E-state index in [0.29, 0.717) is 28.9 Å². The Morgan fingerprint density at radius 2 is 1.87 bits per heavy atom. The van der Waals surface area contributed by atoms with Crippen molar-refractivity contribution in [3.05, 3.63) is 83.5 Å².